The Bertz CT molecular complexity index is 563. The zero-order chi connectivity index (χ0) is 15.7. The standard InChI is InChI=1S/C15H15BrO5/c1-19-13-9-12(16)8-11(10-17)15(13)21-7-5-3-4-6-14(18)20-2/h3-6,8-10H,7H2,1-2H3/b5-3+,6-4+. The Labute approximate surface area is 131 Å². The summed E-state index contributed by atoms with van der Waals surface area (Å²) < 4.78 is 15.9. The number of rotatable bonds is 7. The molecule has 0 aromatic heterocycles. The van der Waals surface area contributed by atoms with Gasteiger partial charge in [0.1, 0.15) is 6.61 Å². The van der Waals surface area contributed by atoms with Crippen molar-refractivity contribution in [3.63, 3.8) is 0 Å². The second-order valence-corrected chi connectivity index (χ2v) is 4.68. The first-order valence-electron chi connectivity index (χ1n) is 5.99. The van der Waals surface area contributed by atoms with Gasteiger partial charge in [-0.15, -0.1) is 0 Å². The number of esters is 1. The molecule has 1 aromatic rings. The number of benzene rings is 1. The summed E-state index contributed by atoms with van der Waals surface area (Å²) in [6.07, 6.45) is 6.85. The Hall–Kier alpha value is -2.08. The van der Waals surface area contributed by atoms with Gasteiger partial charge in [0.2, 0.25) is 0 Å². The molecule has 1 rings (SSSR count). The molecule has 0 spiro atoms. The van der Waals surface area contributed by atoms with E-state index in [0.29, 0.717) is 23.3 Å². The van der Waals surface area contributed by atoms with Gasteiger partial charge in [0.05, 0.1) is 19.8 Å². The maximum atomic E-state index is 11.1. The van der Waals surface area contributed by atoms with Gasteiger partial charge in [-0.1, -0.05) is 28.1 Å². The van der Waals surface area contributed by atoms with Crippen LogP contribution in [0.25, 0.3) is 0 Å². The van der Waals surface area contributed by atoms with Crippen LogP contribution in [0.15, 0.2) is 40.9 Å². The van der Waals surface area contributed by atoms with Crippen LogP contribution in [-0.4, -0.2) is 33.1 Å². The Morgan fingerprint density at radius 3 is 2.67 bits per heavy atom. The molecule has 0 aliphatic carbocycles. The molecule has 0 N–H and O–H groups in total. The number of carbonyl (C=O) groups excluding carboxylic acids is 2. The lowest BCUT2D eigenvalue weighted by Crippen LogP contribution is -2.00. The molecule has 21 heavy (non-hydrogen) atoms. The number of ether oxygens (including phenoxy) is 3. The van der Waals surface area contributed by atoms with Crippen LogP contribution in [0.3, 0.4) is 0 Å². The van der Waals surface area contributed by atoms with E-state index in [2.05, 4.69) is 20.7 Å². The minimum Gasteiger partial charge on any atom is -0.493 e. The molecule has 5 nitrogen and oxygen atoms in total. The molecule has 0 unspecified atom stereocenters. The molecule has 1 aromatic carbocycles. The first-order valence-corrected chi connectivity index (χ1v) is 6.78. The fourth-order valence-corrected chi connectivity index (χ4v) is 1.90. The van der Waals surface area contributed by atoms with Crippen LogP contribution in [0.5, 0.6) is 11.5 Å². The Morgan fingerprint density at radius 2 is 2.05 bits per heavy atom. The van der Waals surface area contributed by atoms with Gasteiger partial charge in [-0.2, -0.15) is 0 Å². The summed E-state index contributed by atoms with van der Waals surface area (Å²) in [4.78, 5) is 21.9. The SMILES string of the molecule is COC(=O)/C=C/C=C/COc1c(C=O)cc(Br)cc1OC. The summed E-state index contributed by atoms with van der Waals surface area (Å²) >= 11 is 3.29. The van der Waals surface area contributed by atoms with Gasteiger partial charge in [-0.25, -0.2) is 4.79 Å². The van der Waals surface area contributed by atoms with E-state index in [9.17, 15) is 9.59 Å². The lowest BCUT2D eigenvalue weighted by Gasteiger charge is -2.11. The van der Waals surface area contributed by atoms with Crippen molar-refractivity contribution in [1.82, 2.24) is 0 Å². The van der Waals surface area contributed by atoms with Gasteiger partial charge in [0, 0.05) is 10.5 Å². The molecular formula is C15H15BrO5. The zero-order valence-corrected chi connectivity index (χ0v) is 13.3. The van der Waals surface area contributed by atoms with Crippen molar-refractivity contribution in [2.75, 3.05) is 20.8 Å². The normalized spacial score (nSPS) is 10.8. The smallest absolute Gasteiger partial charge is 0.330 e. The molecule has 6 heteroatoms. The molecule has 0 heterocycles. The summed E-state index contributed by atoms with van der Waals surface area (Å²) in [6.45, 7) is 0.227. The maximum absolute atomic E-state index is 11.1. The minimum absolute atomic E-state index is 0.227. The largest absolute Gasteiger partial charge is 0.493 e. The van der Waals surface area contributed by atoms with Crippen molar-refractivity contribution in [3.8, 4) is 11.5 Å². The molecule has 0 fully saturated rings. The van der Waals surface area contributed by atoms with Gasteiger partial charge < -0.3 is 14.2 Å². The molecule has 0 atom stereocenters. The molecular weight excluding hydrogens is 340 g/mol. The second kappa shape index (κ2) is 8.97. The molecule has 0 saturated carbocycles. The van der Waals surface area contributed by atoms with Crippen LogP contribution in [0.2, 0.25) is 0 Å². The summed E-state index contributed by atoms with van der Waals surface area (Å²) in [5.41, 5.74) is 0.389. The van der Waals surface area contributed by atoms with Gasteiger partial charge in [0.25, 0.3) is 0 Å². The Morgan fingerprint density at radius 1 is 1.29 bits per heavy atom. The third kappa shape index (κ3) is 5.43. The predicted molar refractivity (Wildman–Crippen MR) is 81.9 cm³/mol. The lowest BCUT2D eigenvalue weighted by molar-refractivity contribution is -0.134. The van der Waals surface area contributed by atoms with Crippen molar-refractivity contribution < 1.29 is 23.8 Å². The highest BCUT2D eigenvalue weighted by atomic mass is 79.9. The van der Waals surface area contributed by atoms with Crippen molar-refractivity contribution >= 4 is 28.2 Å². The van der Waals surface area contributed by atoms with E-state index in [4.69, 9.17) is 9.47 Å². The van der Waals surface area contributed by atoms with E-state index in [1.165, 1.54) is 26.4 Å². The van der Waals surface area contributed by atoms with Crippen molar-refractivity contribution in [2.24, 2.45) is 0 Å². The van der Waals surface area contributed by atoms with E-state index in [0.717, 1.165) is 4.47 Å². The number of methoxy groups -OCH3 is 2. The summed E-state index contributed by atoms with van der Waals surface area (Å²) in [6, 6.07) is 3.36. The van der Waals surface area contributed by atoms with Gasteiger partial charge in [0.15, 0.2) is 17.8 Å². The highest BCUT2D eigenvalue weighted by Crippen LogP contribution is 2.33. The molecule has 0 aliphatic rings. The van der Waals surface area contributed by atoms with Crippen molar-refractivity contribution in [2.45, 2.75) is 0 Å². The van der Waals surface area contributed by atoms with Crippen LogP contribution in [0.4, 0.5) is 0 Å². The quantitative estimate of drug-likeness (QED) is 0.326. The Balaban J connectivity index is 2.71. The number of hydrogen-bond acceptors (Lipinski definition) is 5. The molecule has 0 bridgehead atoms. The highest BCUT2D eigenvalue weighted by Gasteiger charge is 2.11. The van der Waals surface area contributed by atoms with Gasteiger partial charge in [-0.3, -0.25) is 4.79 Å². The van der Waals surface area contributed by atoms with Crippen molar-refractivity contribution in [1.29, 1.82) is 0 Å². The summed E-state index contributed by atoms with van der Waals surface area (Å²) in [7, 11) is 2.80. The number of carbonyl (C=O) groups is 2. The second-order valence-electron chi connectivity index (χ2n) is 3.77. The number of halogens is 1. The monoisotopic (exact) mass is 354 g/mol. The Kier molecular flexibility index (Phi) is 7.25. The third-order valence-corrected chi connectivity index (χ3v) is 2.86. The average molecular weight is 355 g/mol. The third-order valence-electron chi connectivity index (χ3n) is 2.40. The van der Waals surface area contributed by atoms with Gasteiger partial charge in [-0.05, 0) is 18.2 Å². The van der Waals surface area contributed by atoms with Crippen LogP contribution in [0, 0.1) is 0 Å². The molecule has 0 saturated heterocycles. The van der Waals surface area contributed by atoms with Crippen LogP contribution in [0.1, 0.15) is 10.4 Å². The van der Waals surface area contributed by atoms with Gasteiger partial charge >= 0.3 is 5.97 Å². The topological polar surface area (TPSA) is 61.8 Å². The minimum atomic E-state index is -0.432. The number of allylic oxidation sites excluding steroid dienone is 2. The first-order chi connectivity index (χ1) is 10.1. The molecule has 0 amide bonds. The molecule has 0 radical (unpaired) electrons. The number of aldehydes is 1. The first kappa shape index (κ1) is 17.0. The zero-order valence-electron chi connectivity index (χ0n) is 11.7. The summed E-state index contributed by atoms with van der Waals surface area (Å²) in [5, 5.41) is 0. The van der Waals surface area contributed by atoms with Crippen LogP contribution in [-0.2, 0) is 9.53 Å². The lowest BCUT2D eigenvalue weighted by atomic mass is 10.2. The molecule has 112 valence electrons. The maximum Gasteiger partial charge on any atom is 0.330 e. The predicted octanol–water partition coefficient (Wildman–Crippen LogP) is 2.93. The average Bonchev–Trinajstić information content (AvgIpc) is 2.50. The van der Waals surface area contributed by atoms with E-state index >= 15 is 0 Å². The fourth-order valence-electron chi connectivity index (χ4n) is 1.45. The summed E-state index contributed by atoms with van der Waals surface area (Å²) in [5.74, 6) is 0.403. The number of hydrogen-bond donors (Lipinski definition) is 0. The van der Waals surface area contributed by atoms with Crippen LogP contribution >= 0.6 is 15.9 Å². The van der Waals surface area contributed by atoms with E-state index in [1.54, 1.807) is 24.3 Å². The molecule has 0 aliphatic heterocycles. The van der Waals surface area contributed by atoms with Crippen molar-refractivity contribution in [3.05, 3.63) is 46.5 Å². The highest BCUT2D eigenvalue weighted by molar-refractivity contribution is 9.10. The van der Waals surface area contributed by atoms with E-state index in [1.807, 2.05) is 0 Å². The fraction of sp³-hybridized carbons (Fsp3) is 0.200. The van der Waals surface area contributed by atoms with E-state index < -0.39 is 5.97 Å². The van der Waals surface area contributed by atoms with Crippen LogP contribution < -0.4 is 9.47 Å². The van der Waals surface area contributed by atoms with E-state index in [-0.39, 0.29) is 6.61 Å².